The number of aliphatic hydroxyl groups excluding tert-OH is 1. The van der Waals surface area contributed by atoms with Gasteiger partial charge in [-0.25, -0.2) is 4.79 Å². The predicted molar refractivity (Wildman–Crippen MR) is 125 cm³/mol. The summed E-state index contributed by atoms with van der Waals surface area (Å²) in [6.45, 7) is -1.04. The number of nitrogens with one attached hydrogen (secondary N) is 3. The van der Waals surface area contributed by atoms with Crippen LogP contribution in [0.5, 0.6) is 0 Å². The third-order valence-electron chi connectivity index (χ3n) is 5.64. The Balaban J connectivity index is 3.02. The number of carboxylic acid groups (broad SMARTS) is 4. The van der Waals surface area contributed by atoms with Crippen molar-refractivity contribution in [2.24, 2.45) is 5.73 Å². The third-order valence-corrected chi connectivity index (χ3v) is 5.64. The van der Waals surface area contributed by atoms with Gasteiger partial charge in [-0.1, -0.05) is 0 Å². The minimum atomic E-state index is -1.85. The number of aliphatic carboxylic acids is 4. The minimum absolute atomic E-state index is 0.0377. The van der Waals surface area contributed by atoms with Gasteiger partial charge in [0.1, 0.15) is 24.2 Å². The molecule has 0 aromatic carbocycles. The van der Waals surface area contributed by atoms with Crippen LogP contribution in [-0.2, 0) is 38.4 Å². The summed E-state index contributed by atoms with van der Waals surface area (Å²) in [7, 11) is 0. The molecule has 5 atom stereocenters. The van der Waals surface area contributed by atoms with Crippen LogP contribution in [0.1, 0.15) is 38.5 Å². The van der Waals surface area contributed by atoms with Crippen molar-refractivity contribution < 1.29 is 63.9 Å². The molecule has 0 aliphatic carbocycles. The first-order valence-corrected chi connectivity index (χ1v) is 11.6. The lowest BCUT2D eigenvalue weighted by Crippen LogP contribution is -2.59. The van der Waals surface area contributed by atoms with Gasteiger partial charge >= 0.3 is 23.9 Å². The molecule has 0 unspecified atom stereocenters. The van der Waals surface area contributed by atoms with Crippen LogP contribution in [0, 0.1) is 0 Å². The molecule has 0 aromatic rings. The molecule has 0 aromatic heterocycles. The fourth-order valence-electron chi connectivity index (χ4n) is 3.69. The Labute approximate surface area is 220 Å². The van der Waals surface area contributed by atoms with Crippen molar-refractivity contribution in [2.75, 3.05) is 13.2 Å². The van der Waals surface area contributed by atoms with E-state index < -0.39 is 110 Å². The van der Waals surface area contributed by atoms with Crippen molar-refractivity contribution in [3.8, 4) is 0 Å². The lowest BCUT2D eigenvalue weighted by molar-refractivity contribution is -0.150. The lowest BCUT2D eigenvalue weighted by atomic mass is 10.1. The van der Waals surface area contributed by atoms with E-state index >= 15 is 0 Å². The molecule has 1 aliphatic heterocycles. The summed E-state index contributed by atoms with van der Waals surface area (Å²) < 4.78 is 0. The van der Waals surface area contributed by atoms with E-state index in [-0.39, 0.29) is 13.0 Å². The zero-order chi connectivity index (χ0) is 29.9. The molecule has 4 amide bonds. The summed E-state index contributed by atoms with van der Waals surface area (Å²) in [5.74, 6) is -10.2. The number of amides is 4. The van der Waals surface area contributed by atoms with Gasteiger partial charge in [-0.2, -0.15) is 0 Å². The molecule has 1 fully saturated rings. The van der Waals surface area contributed by atoms with Crippen LogP contribution >= 0.6 is 0 Å². The highest BCUT2D eigenvalue weighted by atomic mass is 16.4. The highest BCUT2D eigenvalue weighted by Gasteiger charge is 2.38. The van der Waals surface area contributed by atoms with E-state index in [1.54, 1.807) is 0 Å². The molecular weight excluding hydrogens is 530 g/mol. The number of nitrogens with two attached hydrogens (primary N) is 1. The number of carboxylic acids is 4. The number of hydrogen-bond acceptors (Lipinski definition) is 10. The van der Waals surface area contributed by atoms with E-state index in [1.165, 1.54) is 0 Å². The first-order chi connectivity index (χ1) is 18.2. The van der Waals surface area contributed by atoms with Crippen molar-refractivity contribution in [3.05, 3.63) is 0 Å². The van der Waals surface area contributed by atoms with Crippen LogP contribution in [0.25, 0.3) is 0 Å². The topological polar surface area (TPSA) is 303 Å². The summed E-state index contributed by atoms with van der Waals surface area (Å²) in [6, 6.07) is -8.02. The van der Waals surface area contributed by atoms with Crippen LogP contribution in [0.2, 0.25) is 0 Å². The molecule has 18 nitrogen and oxygen atoms in total. The SMILES string of the molecule is N[C@@H](CC(=O)O)C(=O)N[C@@H](CC(=O)O)C(=O)N[C@@H](CO)C(=O)N[C@@H](CCC(=O)O)C(=O)N1CCC[C@H]1C(=O)O. The van der Waals surface area contributed by atoms with Gasteiger partial charge in [-0.3, -0.25) is 33.6 Å². The van der Waals surface area contributed by atoms with Gasteiger partial charge in [-0.05, 0) is 19.3 Å². The molecule has 0 spiro atoms. The standard InChI is InChI=1S/C21H31N5O13/c22-9(6-15(30)31)17(34)24-11(7-16(32)33)18(35)25-12(8-27)19(36)23-10(3-4-14(28)29)20(37)26-5-1-2-13(26)21(38)39/h9-13,27H,1-8,22H2,(H,23,36)(H,24,34)(H,25,35)(H,28,29)(H,30,31)(H,32,33)(H,38,39)/t9-,10-,11-,12-,13-/m0/s1. The van der Waals surface area contributed by atoms with Crippen LogP contribution in [0.4, 0.5) is 0 Å². The summed E-state index contributed by atoms with van der Waals surface area (Å²) >= 11 is 0. The monoisotopic (exact) mass is 561 g/mol. The lowest BCUT2D eigenvalue weighted by Gasteiger charge is -2.28. The van der Waals surface area contributed by atoms with Crippen molar-refractivity contribution in [3.63, 3.8) is 0 Å². The number of nitrogens with zero attached hydrogens (tertiary/aromatic N) is 1. The van der Waals surface area contributed by atoms with E-state index in [1.807, 2.05) is 10.6 Å². The molecule has 18 heteroatoms. The average molecular weight is 562 g/mol. The Kier molecular flexibility index (Phi) is 12.7. The maximum atomic E-state index is 13.0. The fourth-order valence-corrected chi connectivity index (χ4v) is 3.69. The molecule has 10 N–H and O–H groups in total. The zero-order valence-electron chi connectivity index (χ0n) is 20.6. The maximum absolute atomic E-state index is 13.0. The molecule has 0 saturated carbocycles. The molecule has 1 saturated heterocycles. The van der Waals surface area contributed by atoms with Gasteiger partial charge in [0.05, 0.1) is 25.5 Å². The van der Waals surface area contributed by atoms with Gasteiger partial charge < -0.3 is 52.1 Å². The third kappa shape index (κ3) is 10.5. The number of rotatable bonds is 16. The zero-order valence-corrected chi connectivity index (χ0v) is 20.6. The molecule has 1 rings (SSSR count). The van der Waals surface area contributed by atoms with Crippen molar-refractivity contribution in [1.29, 1.82) is 0 Å². The quantitative estimate of drug-likeness (QED) is 0.0860. The van der Waals surface area contributed by atoms with Gasteiger partial charge in [0, 0.05) is 13.0 Å². The van der Waals surface area contributed by atoms with E-state index in [0.29, 0.717) is 6.42 Å². The van der Waals surface area contributed by atoms with Crippen LogP contribution in [0.3, 0.4) is 0 Å². The number of hydrogen-bond donors (Lipinski definition) is 9. The summed E-state index contributed by atoms with van der Waals surface area (Å²) in [5.41, 5.74) is 5.40. The first-order valence-electron chi connectivity index (χ1n) is 11.6. The number of aliphatic hydroxyl groups is 1. The van der Waals surface area contributed by atoms with Crippen LogP contribution in [-0.4, -0.2) is 121 Å². The van der Waals surface area contributed by atoms with Gasteiger partial charge in [0.2, 0.25) is 23.6 Å². The summed E-state index contributed by atoms with van der Waals surface area (Å²) in [6.07, 6.45) is -2.40. The predicted octanol–water partition coefficient (Wildman–Crippen LogP) is -4.35. The Morgan fingerprint density at radius 2 is 1.31 bits per heavy atom. The van der Waals surface area contributed by atoms with E-state index in [2.05, 4.69) is 5.32 Å². The number of carbonyl (C=O) groups excluding carboxylic acids is 4. The van der Waals surface area contributed by atoms with Gasteiger partial charge in [-0.15, -0.1) is 0 Å². The fraction of sp³-hybridized carbons (Fsp3) is 0.619. The second kappa shape index (κ2) is 15.2. The van der Waals surface area contributed by atoms with Gasteiger partial charge in [0.25, 0.3) is 0 Å². The smallest absolute Gasteiger partial charge is 0.326 e. The molecule has 0 bridgehead atoms. The molecule has 218 valence electrons. The van der Waals surface area contributed by atoms with Crippen molar-refractivity contribution in [2.45, 2.75) is 68.7 Å². The average Bonchev–Trinajstić information content (AvgIpc) is 3.33. The van der Waals surface area contributed by atoms with Gasteiger partial charge in [0.15, 0.2) is 0 Å². The molecule has 39 heavy (non-hydrogen) atoms. The van der Waals surface area contributed by atoms with Crippen LogP contribution in [0.15, 0.2) is 0 Å². The van der Waals surface area contributed by atoms with E-state index in [4.69, 9.17) is 21.1 Å². The van der Waals surface area contributed by atoms with Crippen molar-refractivity contribution in [1.82, 2.24) is 20.9 Å². The Hall–Kier alpha value is -4.32. The second-order valence-electron chi connectivity index (χ2n) is 8.63. The largest absolute Gasteiger partial charge is 0.481 e. The Morgan fingerprint density at radius 3 is 1.82 bits per heavy atom. The highest BCUT2D eigenvalue weighted by Crippen LogP contribution is 2.19. The normalized spacial score (nSPS) is 17.7. The van der Waals surface area contributed by atoms with Crippen molar-refractivity contribution >= 4 is 47.5 Å². The molecule has 1 heterocycles. The summed E-state index contributed by atoms with van der Waals surface area (Å²) in [4.78, 5) is 95.8. The second-order valence-corrected chi connectivity index (χ2v) is 8.63. The van der Waals surface area contributed by atoms with E-state index in [9.17, 15) is 48.6 Å². The molecule has 1 aliphatic rings. The Morgan fingerprint density at radius 1 is 0.769 bits per heavy atom. The highest BCUT2D eigenvalue weighted by molar-refractivity contribution is 5.97. The maximum Gasteiger partial charge on any atom is 0.326 e. The first kappa shape index (κ1) is 32.7. The minimum Gasteiger partial charge on any atom is -0.481 e. The van der Waals surface area contributed by atoms with E-state index in [0.717, 1.165) is 4.90 Å². The summed E-state index contributed by atoms with van der Waals surface area (Å²) in [5, 5.41) is 51.9. The molecule has 0 radical (unpaired) electrons. The number of carbonyl (C=O) groups is 8. The van der Waals surface area contributed by atoms with Crippen LogP contribution < -0.4 is 21.7 Å². The number of likely N-dealkylation sites (tertiary alicyclic amines) is 1. The Bertz CT molecular complexity index is 987. The molecular formula is C21H31N5O13.